The molecule has 0 saturated carbocycles. The van der Waals surface area contributed by atoms with Crippen molar-refractivity contribution in [3.05, 3.63) is 87.0 Å². The molecule has 12 heteroatoms. The van der Waals surface area contributed by atoms with Crippen molar-refractivity contribution in [2.75, 3.05) is 30.5 Å². The summed E-state index contributed by atoms with van der Waals surface area (Å²) in [5.41, 5.74) is 1.80. The second-order valence-electron chi connectivity index (χ2n) is 8.16. The summed E-state index contributed by atoms with van der Waals surface area (Å²) in [5, 5.41) is 2.70. The van der Waals surface area contributed by atoms with Gasteiger partial charge in [-0.2, -0.15) is 0 Å². The summed E-state index contributed by atoms with van der Waals surface area (Å²) in [6.45, 7) is 1.86. The minimum absolute atomic E-state index is 0.297. The highest BCUT2D eigenvalue weighted by Crippen LogP contribution is 2.40. The first kappa shape index (κ1) is 29.2. The van der Waals surface area contributed by atoms with E-state index in [-0.39, 0.29) is 12.5 Å². The lowest BCUT2D eigenvalue weighted by atomic mass is 10.1. The highest BCUT2D eigenvalue weighted by Gasteiger charge is 2.33. The van der Waals surface area contributed by atoms with E-state index in [9.17, 15) is 18.8 Å². The Balaban J connectivity index is 1.56. The lowest BCUT2D eigenvalue weighted by Gasteiger charge is -2.16. The Morgan fingerprint density at radius 1 is 1.12 bits per heavy atom. The number of ether oxygens (including phenoxy) is 3. The molecule has 0 spiro atoms. The Labute approximate surface area is 247 Å². The van der Waals surface area contributed by atoms with Crippen molar-refractivity contribution in [1.82, 2.24) is 0 Å². The van der Waals surface area contributed by atoms with Gasteiger partial charge in [-0.3, -0.25) is 14.5 Å². The van der Waals surface area contributed by atoms with Gasteiger partial charge in [0.25, 0.3) is 11.8 Å². The number of methoxy groups -OCH3 is 1. The molecule has 8 nitrogen and oxygen atoms in total. The van der Waals surface area contributed by atoms with Crippen LogP contribution in [0.25, 0.3) is 6.08 Å². The second kappa shape index (κ2) is 13.1. The summed E-state index contributed by atoms with van der Waals surface area (Å²) in [4.78, 5) is 39.4. The van der Waals surface area contributed by atoms with Gasteiger partial charge in [-0.15, -0.1) is 0 Å². The maximum Gasteiger partial charge on any atom is 0.343 e. The number of halogens is 2. The zero-order chi connectivity index (χ0) is 28.8. The number of thioether (sulfide) groups is 1. The van der Waals surface area contributed by atoms with E-state index in [1.807, 2.05) is 6.92 Å². The third-order valence-corrected chi connectivity index (χ3v) is 7.35. The van der Waals surface area contributed by atoms with Gasteiger partial charge in [-0.25, -0.2) is 9.18 Å². The largest absolute Gasteiger partial charge is 0.490 e. The van der Waals surface area contributed by atoms with E-state index in [4.69, 9.17) is 21.7 Å². The Kier molecular flexibility index (Phi) is 9.56. The number of esters is 1. The Morgan fingerprint density at radius 2 is 1.88 bits per heavy atom. The number of amides is 2. The number of hydrogen-bond donors (Lipinski definition) is 1. The molecule has 0 aliphatic carbocycles. The summed E-state index contributed by atoms with van der Waals surface area (Å²) < 4.78 is 29.9. The van der Waals surface area contributed by atoms with Crippen molar-refractivity contribution in [1.29, 1.82) is 0 Å². The predicted molar refractivity (Wildman–Crippen MR) is 159 cm³/mol. The van der Waals surface area contributed by atoms with Gasteiger partial charge in [0.05, 0.1) is 28.8 Å². The average Bonchev–Trinajstić information content (AvgIpc) is 3.21. The molecule has 3 aromatic carbocycles. The van der Waals surface area contributed by atoms with Crippen molar-refractivity contribution in [2.45, 2.75) is 6.92 Å². The number of thiocarbonyl (C=S) groups is 1. The van der Waals surface area contributed by atoms with E-state index in [1.54, 1.807) is 42.5 Å². The lowest BCUT2D eigenvalue weighted by Crippen LogP contribution is -2.27. The van der Waals surface area contributed by atoms with Crippen LogP contribution in [0.1, 0.15) is 22.8 Å². The fraction of sp³-hybridized carbons (Fsp3) is 0.143. The minimum atomic E-state index is -0.542. The second-order valence-corrected chi connectivity index (χ2v) is 10.7. The van der Waals surface area contributed by atoms with Gasteiger partial charge in [0.15, 0.2) is 22.4 Å². The van der Waals surface area contributed by atoms with Crippen molar-refractivity contribution in [2.24, 2.45) is 0 Å². The van der Waals surface area contributed by atoms with Gasteiger partial charge in [-0.1, -0.05) is 30.0 Å². The van der Waals surface area contributed by atoms with E-state index in [0.717, 1.165) is 11.8 Å². The molecule has 1 aliphatic rings. The van der Waals surface area contributed by atoms with Crippen LogP contribution in [0, 0.1) is 5.82 Å². The van der Waals surface area contributed by atoms with E-state index >= 15 is 0 Å². The van der Waals surface area contributed by atoms with Crippen LogP contribution in [0.5, 0.6) is 11.5 Å². The first-order valence-electron chi connectivity index (χ1n) is 11.8. The summed E-state index contributed by atoms with van der Waals surface area (Å²) >= 11 is 10.1. The van der Waals surface area contributed by atoms with Gasteiger partial charge >= 0.3 is 5.97 Å². The molecule has 1 fully saturated rings. The Morgan fingerprint density at radius 3 is 2.58 bits per heavy atom. The van der Waals surface area contributed by atoms with Gasteiger partial charge in [0.1, 0.15) is 5.82 Å². The number of rotatable bonds is 9. The molecule has 206 valence electrons. The van der Waals surface area contributed by atoms with E-state index in [2.05, 4.69) is 26.0 Å². The monoisotopic (exact) mass is 644 g/mol. The highest BCUT2D eigenvalue weighted by atomic mass is 79.9. The summed E-state index contributed by atoms with van der Waals surface area (Å²) in [7, 11) is 1.27. The molecular weight excluding hydrogens is 623 g/mol. The third kappa shape index (κ3) is 6.87. The zero-order valence-corrected chi connectivity index (χ0v) is 24.5. The molecule has 0 bridgehead atoms. The fourth-order valence-corrected chi connectivity index (χ4v) is 5.50. The van der Waals surface area contributed by atoms with Crippen molar-refractivity contribution >= 4 is 79.5 Å². The van der Waals surface area contributed by atoms with Gasteiger partial charge in [0.2, 0.25) is 0 Å². The molecule has 0 atom stereocenters. The molecule has 1 N–H and O–H groups in total. The molecule has 0 radical (unpaired) electrons. The molecule has 1 saturated heterocycles. The van der Waals surface area contributed by atoms with E-state index in [1.165, 1.54) is 36.3 Å². The van der Waals surface area contributed by atoms with Crippen LogP contribution in [-0.4, -0.2) is 42.4 Å². The van der Waals surface area contributed by atoms with Gasteiger partial charge < -0.3 is 19.5 Å². The number of nitrogens with zero attached hydrogens (tertiary/aromatic N) is 1. The fourth-order valence-electron chi connectivity index (χ4n) is 3.63. The molecule has 0 aromatic heterocycles. The normalized spacial score (nSPS) is 13.9. The van der Waals surface area contributed by atoms with Crippen LogP contribution in [-0.2, 0) is 14.3 Å². The number of benzene rings is 3. The van der Waals surface area contributed by atoms with Crippen LogP contribution >= 0.6 is 39.9 Å². The van der Waals surface area contributed by atoms with Crippen LogP contribution in [0.2, 0.25) is 0 Å². The quantitative estimate of drug-likeness (QED) is 0.167. The summed E-state index contributed by atoms with van der Waals surface area (Å²) in [6.07, 6.45) is 1.67. The SMILES string of the molecule is CCOc1cc(/C=C2/SC(=S)N(c3cccc(C(=O)Nc4ccc(F)cc4)c3)C2=O)cc(Br)c1OCC(=O)OC. The smallest absolute Gasteiger partial charge is 0.343 e. The first-order valence-corrected chi connectivity index (χ1v) is 13.8. The van der Waals surface area contributed by atoms with Crippen LogP contribution in [0.3, 0.4) is 0 Å². The van der Waals surface area contributed by atoms with Gasteiger partial charge in [0, 0.05) is 11.3 Å². The molecule has 3 aromatic rings. The van der Waals surface area contributed by atoms with E-state index in [0.29, 0.717) is 54.3 Å². The number of hydrogen-bond acceptors (Lipinski definition) is 8. The highest BCUT2D eigenvalue weighted by molar-refractivity contribution is 9.10. The summed E-state index contributed by atoms with van der Waals surface area (Å²) in [5.74, 6) is -1.02. The molecule has 1 heterocycles. The molecule has 1 aliphatic heterocycles. The summed E-state index contributed by atoms with van der Waals surface area (Å²) in [6, 6.07) is 15.3. The number of carbonyl (C=O) groups is 3. The molecule has 2 amide bonds. The van der Waals surface area contributed by atoms with Crippen molar-refractivity contribution in [3.63, 3.8) is 0 Å². The molecular formula is C28H22BrFN2O6S2. The van der Waals surface area contributed by atoms with E-state index < -0.39 is 17.7 Å². The Hall–Kier alpha value is -3.74. The predicted octanol–water partition coefficient (Wildman–Crippen LogP) is 6.20. The van der Waals surface area contributed by atoms with Gasteiger partial charge in [-0.05, 0) is 89.1 Å². The first-order chi connectivity index (χ1) is 19.2. The maximum absolute atomic E-state index is 13.4. The van der Waals surface area contributed by atoms with Crippen LogP contribution < -0.4 is 19.7 Å². The number of carbonyl (C=O) groups excluding carboxylic acids is 3. The van der Waals surface area contributed by atoms with Crippen molar-refractivity contribution < 1.29 is 33.0 Å². The standard InChI is InChI=1S/C28H22BrFN2O6S2/c1-3-37-22-12-16(11-21(29)25(22)38-15-24(33)36-2)13-23-27(35)32(28(39)40-23)20-6-4-5-17(14-20)26(34)31-19-9-7-18(30)8-10-19/h4-14H,3,15H2,1-2H3,(H,31,34)/b23-13+. The lowest BCUT2D eigenvalue weighted by molar-refractivity contribution is -0.143. The van der Waals surface area contributed by atoms with Crippen LogP contribution in [0.4, 0.5) is 15.8 Å². The number of nitrogens with one attached hydrogen (secondary N) is 1. The third-order valence-electron chi connectivity index (χ3n) is 5.45. The average molecular weight is 646 g/mol. The van der Waals surface area contributed by atoms with Crippen LogP contribution in [0.15, 0.2) is 70.0 Å². The molecule has 40 heavy (non-hydrogen) atoms. The zero-order valence-electron chi connectivity index (χ0n) is 21.2. The molecule has 4 rings (SSSR count). The maximum atomic E-state index is 13.4. The topological polar surface area (TPSA) is 94.2 Å². The minimum Gasteiger partial charge on any atom is -0.490 e. The van der Waals surface area contributed by atoms with Crippen molar-refractivity contribution in [3.8, 4) is 11.5 Å². The molecule has 0 unspecified atom stereocenters. The number of anilines is 2. The Bertz CT molecular complexity index is 1510.